The van der Waals surface area contributed by atoms with Crippen LogP contribution in [0.5, 0.6) is 0 Å². The van der Waals surface area contributed by atoms with E-state index in [9.17, 15) is 19.6 Å². The molecule has 1 rings (SSSR count). The van der Waals surface area contributed by atoms with Gasteiger partial charge in [-0.3, -0.25) is 4.79 Å². The highest BCUT2D eigenvalue weighted by Crippen LogP contribution is 2.23. The lowest BCUT2D eigenvalue weighted by atomic mass is 10.1. The second-order valence-electron chi connectivity index (χ2n) is 3.55. The number of Topliss-reactive ketones (excluding diaryl/α,β-unsaturated/α-hetero) is 1. The molecule has 0 atom stereocenters. The van der Waals surface area contributed by atoms with Crippen LogP contribution in [0.4, 0.5) is 0 Å². The summed E-state index contributed by atoms with van der Waals surface area (Å²) in [4.78, 5) is 34.5. The van der Waals surface area contributed by atoms with Gasteiger partial charge in [-0.2, -0.15) is 4.73 Å². The van der Waals surface area contributed by atoms with Gasteiger partial charge in [-0.05, 0) is 12.5 Å². The molecule has 0 radical (unpaired) electrons. The summed E-state index contributed by atoms with van der Waals surface area (Å²) in [5.41, 5.74) is -0.600. The van der Waals surface area contributed by atoms with Crippen molar-refractivity contribution in [2.45, 2.75) is 13.8 Å². The Morgan fingerprint density at radius 2 is 1.56 bits per heavy atom. The van der Waals surface area contributed by atoms with Crippen molar-refractivity contribution in [2.75, 3.05) is 14.2 Å². The summed E-state index contributed by atoms with van der Waals surface area (Å²) in [5, 5.41) is 9.79. The first-order chi connectivity index (χ1) is 8.36. The molecule has 0 aromatic carbocycles. The van der Waals surface area contributed by atoms with Crippen LogP contribution in [0.3, 0.4) is 0 Å². The molecule has 0 saturated carbocycles. The number of nitrogens with zero attached hydrogens (tertiary/aromatic N) is 1. The van der Waals surface area contributed by atoms with Gasteiger partial charge in [0.05, 0.1) is 19.8 Å². The quantitative estimate of drug-likeness (QED) is 0.488. The van der Waals surface area contributed by atoms with E-state index in [1.807, 2.05) is 0 Å². The lowest BCUT2D eigenvalue weighted by Gasteiger charge is -2.03. The highest BCUT2D eigenvalue weighted by Gasteiger charge is 2.32. The van der Waals surface area contributed by atoms with Crippen LogP contribution >= 0.6 is 0 Å². The Kier molecular flexibility index (Phi) is 3.75. The minimum Gasteiger partial charge on any atom is -0.465 e. The first kappa shape index (κ1) is 13.8. The van der Waals surface area contributed by atoms with Crippen LogP contribution in [0, 0.1) is 6.92 Å². The van der Waals surface area contributed by atoms with E-state index in [1.54, 1.807) is 0 Å². The Hall–Kier alpha value is -2.31. The average Bonchev–Trinajstić information content (AvgIpc) is 2.58. The van der Waals surface area contributed by atoms with Crippen LogP contribution in [0.15, 0.2) is 0 Å². The Labute approximate surface area is 103 Å². The summed E-state index contributed by atoms with van der Waals surface area (Å²) in [6.07, 6.45) is 0. The predicted molar refractivity (Wildman–Crippen MR) is 59.0 cm³/mol. The van der Waals surface area contributed by atoms with Gasteiger partial charge in [-0.15, -0.1) is 0 Å². The zero-order valence-corrected chi connectivity index (χ0v) is 10.4. The summed E-state index contributed by atoms with van der Waals surface area (Å²) in [7, 11) is 2.23. The van der Waals surface area contributed by atoms with Gasteiger partial charge in [0.15, 0.2) is 11.5 Å². The van der Waals surface area contributed by atoms with Crippen molar-refractivity contribution in [1.82, 2.24) is 4.73 Å². The minimum absolute atomic E-state index is 0.157. The summed E-state index contributed by atoms with van der Waals surface area (Å²) >= 11 is 0. The van der Waals surface area contributed by atoms with Gasteiger partial charge in [0.1, 0.15) is 5.69 Å². The summed E-state index contributed by atoms with van der Waals surface area (Å²) in [5.74, 6) is -2.26. The maximum absolute atomic E-state index is 11.6. The fourth-order valence-corrected chi connectivity index (χ4v) is 1.72. The molecular formula is C11H13NO6. The van der Waals surface area contributed by atoms with E-state index in [-0.39, 0.29) is 16.8 Å². The molecular weight excluding hydrogens is 242 g/mol. The van der Waals surface area contributed by atoms with E-state index in [4.69, 9.17) is 0 Å². The van der Waals surface area contributed by atoms with Crippen molar-refractivity contribution < 1.29 is 29.1 Å². The van der Waals surface area contributed by atoms with Gasteiger partial charge in [-0.25, -0.2) is 9.59 Å². The molecule has 1 heterocycles. The van der Waals surface area contributed by atoms with Crippen LogP contribution in [0.1, 0.15) is 43.8 Å². The Morgan fingerprint density at radius 3 is 1.94 bits per heavy atom. The van der Waals surface area contributed by atoms with E-state index < -0.39 is 23.4 Å². The number of esters is 2. The molecule has 0 aliphatic heterocycles. The molecule has 0 unspecified atom stereocenters. The molecule has 0 amide bonds. The molecule has 0 saturated heterocycles. The monoisotopic (exact) mass is 255 g/mol. The second kappa shape index (κ2) is 4.91. The fraction of sp³-hybridized carbons (Fsp3) is 0.364. The van der Waals surface area contributed by atoms with Crippen molar-refractivity contribution in [3.63, 3.8) is 0 Å². The van der Waals surface area contributed by atoms with Crippen LogP contribution in [-0.4, -0.2) is 41.9 Å². The van der Waals surface area contributed by atoms with Crippen molar-refractivity contribution in [3.8, 4) is 0 Å². The van der Waals surface area contributed by atoms with Gasteiger partial charge in [-0.1, -0.05) is 0 Å². The molecule has 1 N–H and O–H groups in total. The van der Waals surface area contributed by atoms with Gasteiger partial charge in [0, 0.05) is 6.92 Å². The maximum Gasteiger partial charge on any atom is 0.359 e. The zero-order valence-electron chi connectivity index (χ0n) is 10.4. The lowest BCUT2D eigenvalue weighted by Crippen LogP contribution is -2.15. The number of hydrogen-bond acceptors (Lipinski definition) is 6. The number of aromatic nitrogens is 1. The summed E-state index contributed by atoms with van der Waals surface area (Å²) < 4.78 is 9.34. The molecule has 0 fully saturated rings. The smallest absolute Gasteiger partial charge is 0.359 e. The predicted octanol–water partition coefficient (Wildman–Crippen LogP) is 0.810. The van der Waals surface area contributed by atoms with Crippen molar-refractivity contribution in [2.24, 2.45) is 0 Å². The Balaban J connectivity index is 3.67. The first-order valence-electron chi connectivity index (χ1n) is 4.98. The summed E-state index contributed by atoms with van der Waals surface area (Å²) in [6.45, 7) is 2.64. The van der Waals surface area contributed by atoms with Gasteiger partial charge in [0.25, 0.3) is 0 Å². The van der Waals surface area contributed by atoms with Crippen LogP contribution < -0.4 is 0 Å². The van der Waals surface area contributed by atoms with E-state index in [1.165, 1.54) is 13.8 Å². The molecule has 0 aliphatic carbocycles. The first-order valence-corrected chi connectivity index (χ1v) is 4.98. The molecule has 0 bridgehead atoms. The van der Waals surface area contributed by atoms with Crippen molar-refractivity contribution in [1.29, 1.82) is 0 Å². The highest BCUT2D eigenvalue weighted by molar-refractivity contribution is 6.07. The normalized spacial score (nSPS) is 10.0. The zero-order chi connectivity index (χ0) is 14.0. The number of ketones is 1. The molecule has 0 aliphatic rings. The SMILES string of the molecule is COC(=O)c1c(C)c(C(C)=O)n(O)c1C(=O)OC. The molecule has 0 spiro atoms. The molecule has 98 valence electrons. The number of rotatable bonds is 3. The summed E-state index contributed by atoms with van der Waals surface area (Å²) in [6, 6.07) is 0. The van der Waals surface area contributed by atoms with Crippen LogP contribution in [-0.2, 0) is 9.47 Å². The van der Waals surface area contributed by atoms with Crippen LogP contribution in [0.2, 0.25) is 0 Å². The number of methoxy groups -OCH3 is 2. The molecule has 7 nitrogen and oxygen atoms in total. The van der Waals surface area contributed by atoms with Crippen molar-refractivity contribution >= 4 is 17.7 Å². The van der Waals surface area contributed by atoms with Gasteiger partial charge < -0.3 is 14.7 Å². The minimum atomic E-state index is -0.937. The van der Waals surface area contributed by atoms with E-state index in [0.29, 0.717) is 4.73 Å². The standard InChI is InChI=1S/C11H13NO6/c1-5-7(10(14)17-3)9(11(15)18-4)12(16)8(5)6(2)13/h16H,1-4H3. The average molecular weight is 255 g/mol. The third-order valence-electron chi connectivity index (χ3n) is 2.49. The maximum atomic E-state index is 11.6. The fourth-order valence-electron chi connectivity index (χ4n) is 1.72. The highest BCUT2D eigenvalue weighted by atomic mass is 16.5. The Morgan fingerprint density at radius 1 is 1.06 bits per heavy atom. The number of ether oxygens (including phenoxy) is 2. The number of hydrogen-bond donors (Lipinski definition) is 1. The second-order valence-corrected chi connectivity index (χ2v) is 3.55. The molecule has 7 heteroatoms. The van der Waals surface area contributed by atoms with Gasteiger partial charge >= 0.3 is 11.9 Å². The topological polar surface area (TPSA) is 94.8 Å². The van der Waals surface area contributed by atoms with E-state index in [2.05, 4.69) is 9.47 Å². The van der Waals surface area contributed by atoms with Gasteiger partial charge in [0.2, 0.25) is 0 Å². The molecule has 1 aromatic heterocycles. The molecule has 18 heavy (non-hydrogen) atoms. The third kappa shape index (κ3) is 1.94. The van der Waals surface area contributed by atoms with Crippen molar-refractivity contribution in [3.05, 3.63) is 22.5 Å². The number of carbonyl (C=O) groups is 3. The largest absolute Gasteiger partial charge is 0.465 e. The van der Waals surface area contributed by atoms with E-state index in [0.717, 1.165) is 14.2 Å². The third-order valence-corrected chi connectivity index (χ3v) is 2.49. The Bertz CT molecular complexity index is 489. The van der Waals surface area contributed by atoms with Crippen LogP contribution in [0.25, 0.3) is 0 Å². The lowest BCUT2D eigenvalue weighted by molar-refractivity contribution is 0.0510. The number of carbonyl (C=O) groups excluding carboxylic acids is 3. The molecule has 1 aromatic rings. The van der Waals surface area contributed by atoms with E-state index >= 15 is 0 Å².